The summed E-state index contributed by atoms with van der Waals surface area (Å²) in [5, 5.41) is 13.1. The standard InChI is InChI=1S/C37H49N3O8S/c1-26-23-40(27(2)25-41)37(43)33-22-30(38-36(42)21-29-12-7-6-8-13-29)14-19-34(33)48-28(3)11-9-10-20-47-35(26)24-39(4)49(44,45)32-17-15-31(46-5)16-18-32/h6-8,12-19,22,26-28,35,41H,9-11,20-21,23-25H2,1-5H3,(H,38,42)/t26-,27+,28-,35+/m1/s1. The molecule has 1 aliphatic heterocycles. The molecule has 2 N–H and O–H groups in total. The van der Waals surface area contributed by atoms with E-state index >= 15 is 0 Å². The number of amides is 2. The first-order valence-corrected chi connectivity index (χ1v) is 18.1. The number of ether oxygens (including phenoxy) is 3. The minimum atomic E-state index is -3.85. The fraction of sp³-hybridized carbons (Fsp3) is 0.459. The number of rotatable bonds is 10. The van der Waals surface area contributed by atoms with Crippen LogP contribution < -0.4 is 14.8 Å². The molecular formula is C37H49N3O8S. The lowest BCUT2D eigenvalue weighted by molar-refractivity contribution is -0.115. The number of anilines is 1. The van der Waals surface area contributed by atoms with Crippen LogP contribution in [0.15, 0.2) is 77.7 Å². The van der Waals surface area contributed by atoms with Gasteiger partial charge in [0, 0.05) is 38.3 Å². The second-order valence-electron chi connectivity index (χ2n) is 12.7. The van der Waals surface area contributed by atoms with Crippen LogP contribution in [0.2, 0.25) is 0 Å². The normalized spacial score (nSPS) is 20.1. The highest BCUT2D eigenvalue weighted by molar-refractivity contribution is 7.89. The van der Waals surface area contributed by atoms with Gasteiger partial charge >= 0.3 is 0 Å². The Balaban J connectivity index is 1.62. The molecule has 0 bridgehead atoms. The Hall–Kier alpha value is -3.97. The van der Waals surface area contributed by atoms with E-state index in [-0.39, 0.29) is 60.4 Å². The Kier molecular flexibility index (Phi) is 13.6. The molecule has 4 atom stereocenters. The highest BCUT2D eigenvalue weighted by Gasteiger charge is 2.32. The van der Waals surface area contributed by atoms with Crippen molar-refractivity contribution in [3.63, 3.8) is 0 Å². The van der Waals surface area contributed by atoms with Gasteiger partial charge in [0.05, 0.1) is 48.8 Å². The molecule has 0 unspecified atom stereocenters. The van der Waals surface area contributed by atoms with E-state index in [9.17, 15) is 23.1 Å². The molecule has 1 aliphatic rings. The number of carbonyl (C=O) groups is 2. The summed E-state index contributed by atoms with van der Waals surface area (Å²) < 4.78 is 46.1. The molecule has 49 heavy (non-hydrogen) atoms. The summed E-state index contributed by atoms with van der Waals surface area (Å²) in [6, 6.07) is 20.0. The number of likely N-dealkylation sites (N-methyl/N-ethyl adjacent to an activating group) is 1. The van der Waals surface area contributed by atoms with Crippen LogP contribution in [-0.4, -0.2) is 93.3 Å². The maximum atomic E-state index is 14.4. The van der Waals surface area contributed by atoms with E-state index in [4.69, 9.17) is 14.2 Å². The van der Waals surface area contributed by atoms with Crippen LogP contribution in [0, 0.1) is 5.92 Å². The summed E-state index contributed by atoms with van der Waals surface area (Å²) in [6.07, 6.45) is 1.64. The number of benzene rings is 3. The summed E-state index contributed by atoms with van der Waals surface area (Å²) in [6.45, 7) is 5.93. The Labute approximate surface area is 290 Å². The fourth-order valence-electron chi connectivity index (χ4n) is 5.73. The van der Waals surface area contributed by atoms with Crippen LogP contribution in [0.3, 0.4) is 0 Å². The maximum Gasteiger partial charge on any atom is 0.258 e. The molecule has 4 rings (SSSR count). The van der Waals surface area contributed by atoms with Crippen molar-refractivity contribution in [1.82, 2.24) is 9.21 Å². The van der Waals surface area contributed by atoms with Crippen LogP contribution in [-0.2, 0) is 26.0 Å². The predicted molar refractivity (Wildman–Crippen MR) is 188 cm³/mol. The average Bonchev–Trinajstić information content (AvgIpc) is 3.09. The lowest BCUT2D eigenvalue weighted by Gasteiger charge is -2.35. The molecule has 12 heteroatoms. The third-order valence-electron chi connectivity index (χ3n) is 8.75. The van der Waals surface area contributed by atoms with Crippen molar-refractivity contribution < 1.29 is 37.3 Å². The Bertz CT molecular complexity index is 1640. The van der Waals surface area contributed by atoms with Crippen LogP contribution in [0.1, 0.15) is 56.0 Å². The van der Waals surface area contributed by atoms with Crippen LogP contribution in [0.25, 0.3) is 0 Å². The largest absolute Gasteiger partial charge is 0.497 e. The first-order valence-electron chi connectivity index (χ1n) is 16.7. The first kappa shape index (κ1) is 37.8. The molecule has 0 saturated heterocycles. The van der Waals surface area contributed by atoms with Crippen molar-refractivity contribution in [3.8, 4) is 11.5 Å². The van der Waals surface area contributed by atoms with E-state index in [0.717, 1.165) is 18.4 Å². The quantitative estimate of drug-likeness (QED) is 0.303. The highest BCUT2D eigenvalue weighted by atomic mass is 32.2. The minimum absolute atomic E-state index is 0.0543. The smallest absolute Gasteiger partial charge is 0.258 e. The molecule has 3 aromatic rings. The molecule has 1 heterocycles. The molecule has 0 saturated carbocycles. The number of aliphatic hydroxyl groups is 1. The third-order valence-corrected chi connectivity index (χ3v) is 10.6. The lowest BCUT2D eigenvalue weighted by Crippen LogP contribution is -2.48. The van der Waals surface area contributed by atoms with Gasteiger partial charge < -0.3 is 29.5 Å². The Morgan fingerprint density at radius 3 is 2.47 bits per heavy atom. The van der Waals surface area contributed by atoms with Gasteiger partial charge in [0.1, 0.15) is 11.5 Å². The number of carbonyl (C=O) groups excluding carboxylic acids is 2. The number of aliphatic hydroxyl groups excluding tert-OH is 1. The van der Waals surface area contributed by atoms with Crippen LogP contribution in [0.4, 0.5) is 5.69 Å². The molecule has 0 radical (unpaired) electrons. The van der Waals surface area contributed by atoms with E-state index < -0.39 is 22.2 Å². The molecule has 0 spiro atoms. The zero-order chi connectivity index (χ0) is 35.6. The van der Waals surface area contributed by atoms with Crippen molar-refractivity contribution in [2.24, 2.45) is 5.92 Å². The van der Waals surface area contributed by atoms with Crippen molar-refractivity contribution in [2.45, 2.75) is 69.6 Å². The molecule has 0 fully saturated rings. The van der Waals surface area contributed by atoms with Crippen molar-refractivity contribution in [2.75, 3.05) is 45.8 Å². The zero-order valence-corrected chi connectivity index (χ0v) is 29.8. The highest BCUT2D eigenvalue weighted by Crippen LogP contribution is 2.29. The molecule has 266 valence electrons. The van der Waals surface area contributed by atoms with Gasteiger partial charge in [-0.05, 0) is 81.1 Å². The molecule has 11 nitrogen and oxygen atoms in total. The van der Waals surface area contributed by atoms with E-state index in [1.807, 2.05) is 44.2 Å². The summed E-state index contributed by atoms with van der Waals surface area (Å²) in [7, 11) is -0.814. The number of sulfonamides is 1. The second-order valence-corrected chi connectivity index (χ2v) is 14.7. The lowest BCUT2D eigenvalue weighted by atomic mass is 10.0. The van der Waals surface area contributed by atoms with Gasteiger partial charge in [-0.1, -0.05) is 37.3 Å². The Morgan fingerprint density at radius 1 is 1.08 bits per heavy atom. The van der Waals surface area contributed by atoms with Crippen molar-refractivity contribution in [1.29, 1.82) is 0 Å². The summed E-state index contributed by atoms with van der Waals surface area (Å²) in [5.74, 6) is -0.000203. The Morgan fingerprint density at radius 2 is 1.80 bits per heavy atom. The first-order chi connectivity index (χ1) is 23.4. The van der Waals surface area contributed by atoms with E-state index in [0.29, 0.717) is 30.2 Å². The maximum absolute atomic E-state index is 14.4. The fourth-order valence-corrected chi connectivity index (χ4v) is 6.91. The average molecular weight is 696 g/mol. The summed E-state index contributed by atoms with van der Waals surface area (Å²) in [5.41, 5.74) is 1.56. The molecule has 0 aliphatic carbocycles. The molecule has 0 aromatic heterocycles. The number of hydrogen-bond donors (Lipinski definition) is 2. The topological polar surface area (TPSA) is 135 Å². The van der Waals surface area contributed by atoms with Gasteiger partial charge in [0.15, 0.2) is 0 Å². The number of fused-ring (bicyclic) bond motifs is 1. The monoisotopic (exact) mass is 695 g/mol. The van der Waals surface area contributed by atoms with Gasteiger partial charge in [-0.2, -0.15) is 4.31 Å². The molecule has 2 amide bonds. The van der Waals surface area contributed by atoms with Crippen LogP contribution in [0.5, 0.6) is 11.5 Å². The van der Waals surface area contributed by atoms with Gasteiger partial charge in [-0.3, -0.25) is 9.59 Å². The van der Waals surface area contributed by atoms with E-state index in [1.54, 1.807) is 42.2 Å². The number of methoxy groups -OCH3 is 1. The van der Waals surface area contributed by atoms with Crippen LogP contribution >= 0.6 is 0 Å². The van der Waals surface area contributed by atoms with Crippen molar-refractivity contribution >= 4 is 27.5 Å². The molecule has 3 aromatic carbocycles. The van der Waals surface area contributed by atoms with Gasteiger partial charge in [-0.15, -0.1) is 0 Å². The summed E-state index contributed by atoms with van der Waals surface area (Å²) >= 11 is 0. The second kappa shape index (κ2) is 17.6. The molecular weight excluding hydrogens is 646 g/mol. The number of nitrogens with zero attached hydrogens (tertiary/aromatic N) is 2. The van der Waals surface area contributed by atoms with E-state index in [1.165, 1.54) is 30.6 Å². The summed E-state index contributed by atoms with van der Waals surface area (Å²) in [4.78, 5) is 29.0. The predicted octanol–water partition coefficient (Wildman–Crippen LogP) is 4.99. The zero-order valence-electron chi connectivity index (χ0n) is 29.0. The van der Waals surface area contributed by atoms with E-state index in [2.05, 4.69) is 5.32 Å². The van der Waals surface area contributed by atoms with Gasteiger partial charge in [-0.25, -0.2) is 8.42 Å². The number of hydrogen-bond acceptors (Lipinski definition) is 8. The minimum Gasteiger partial charge on any atom is -0.497 e. The van der Waals surface area contributed by atoms with Gasteiger partial charge in [0.25, 0.3) is 5.91 Å². The SMILES string of the molecule is COc1ccc(S(=O)(=O)N(C)C[C@@H]2OCCCC[C@@H](C)Oc3ccc(NC(=O)Cc4ccccc4)cc3C(=O)N([C@@H](C)CO)C[C@H]2C)cc1. The van der Waals surface area contributed by atoms with Gasteiger partial charge in [0.2, 0.25) is 15.9 Å². The van der Waals surface area contributed by atoms with Crippen molar-refractivity contribution in [3.05, 3.63) is 83.9 Å². The number of nitrogens with one attached hydrogen (secondary N) is 1. The third kappa shape index (κ3) is 10.3.